The lowest BCUT2D eigenvalue weighted by molar-refractivity contribution is 0.0513. The minimum atomic E-state index is -0.494. The molecule has 3 rings (SSSR count). The minimum absolute atomic E-state index is 0.202. The Bertz CT molecular complexity index is 828. The number of hydrogen-bond donors (Lipinski definition) is 0. The molecule has 0 spiro atoms. The Balaban J connectivity index is 1.58. The number of benzene rings is 1. The molecule has 0 unspecified atom stereocenters. The molecule has 0 bridgehead atoms. The standard InChI is InChI=1S/C19H23FN4O3/c1-3-27-19(26)17-12-16(21-22(17)2)18(25)24-9-7-23(8-10-24)13-14-5-4-6-15(20)11-14/h4-6,11-12H,3,7-10,13H2,1-2H3. The van der Waals surface area contributed by atoms with Crippen LogP contribution >= 0.6 is 0 Å². The van der Waals surface area contributed by atoms with E-state index in [1.54, 1.807) is 24.9 Å². The molecule has 0 saturated carbocycles. The van der Waals surface area contributed by atoms with E-state index < -0.39 is 5.97 Å². The van der Waals surface area contributed by atoms with Gasteiger partial charge < -0.3 is 9.64 Å². The summed E-state index contributed by atoms with van der Waals surface area (Å²) in [4.78, 5) is 28.5. The molecule has 144 valence electrons. The number of piperazine rings is 1. The highest BCUT2D eigenvalue weighted by Gasteiger charge is 2.26. The van der Waals surface area contributed by atoms with Crippen LogP contribution in [0.1, 0.15) is 33.5 Å². The van der Waals surface area contributed by atoms with Gasteiger partial charge in [0.15, 0.2) is 5.69 Å². The van der Waals surface area contributed by atoms with Crippen molar-refractivity contribution >= 4 is 11.9 Å². The maximum atomic E-state index is 13.3. The van der Waals surface area contributed by atoms with Crippen molar-refractivity contribution in [1.82, 2.24) is 19.6 Å². The van der Waals surface area contributed by atoms with Crippen molar-refractivity contribution in [3.05, 3.63) is 53.1 Å². The predicted octanol–water partition coefficient (Wildman–Crippen LogP) is 1.69. The molecule has 0 N–H and O–H groups in total. The summed E-state index contributed by atoms with van der Waals surface area (Å²) in [5, 5.41) is 4.15. The number of esters is 1. The molecule has 1 amide bonds. The van der Waals surface area contributed by atoms with Crippen molar-refractivity contribution in [3.63, 3.8) is 0 Å². The van der Waals surface area contributed by atoms with E-state index in [0.29, 0.717) is 32.7 Å². The van der Waals surface area contributed by atoms with E-state index in [2.05, 4.69) is 10.00 Å². The molecule has 0 atom stereocenters. The van der Waals surface area contributed by atoms with Crippen LogP contribution in [0, 0.1) is 5.82 Å². The zero-order valence-corrected chi connectivity index (χ0v) is 15.5. The quantitative estimate of drug-likeness (QED) is 0.745. The number of ether oxygens (including phenoxy) is 1. The van der Waals surface area contributed by atoms with E-state index in [4.69, 9.17) is 4.74 Å². The van der Waals surface area contributed by atoms with Crippen molar-refractivity contribution in [2.24, 2.45) is 7.05 Å². The minimum Gasteiger partial charge on any atom is -0.461 e. The maximum absolute atomic E-state index is 13.3. The second-order valence-electron chi connectivity index (χ2n) is 6.46. The van der Waals surface area contributed by atoms with Gasteiger partial charge in [0, 0.05) is 45.8 Å². The summed E-state index contributed by atoms with van der Waals surface area (Å²) in [5.41, 5.74) is 1.41. The second-order valence-corrected chi connectivity index (χ2v) is 6.46. The third kappa shape index (κ3) is 4.51. The number of hydrogen-bond acceptors (Lipinski definition) is 5. The molecular formula is C19H23FN4O3. The topological polar surface area (TPSA) is 67.7 Å². The van der Waals surface area contributed by atoms with E-state index in [-0.39, 0.29) is 29.7 Å². The van der Waals surface area contributed by atoms with Crippen LogP contribution < -0.4 is 0 Å². The van der Waals surface area contributed by atoms with Gasteiger partial charge in [-0.2, -0.15) is 5.10 Å². The molecule has 1 aromatic carbocycles. The van der Waals surface area contributed by atoms with E-state index >= 15 is 0 Å². The highest BCUT2D eigenvalue weighted by molar-refractivity contribution is 5.96. The molecule has 0 radical (unpaired) electrons. The molecule has 1 aliphatic rings. The van der Waals surface area contributed by atoms with Gasteiger partial charge in [0.25, 0.3) is 5.91 Å². The number of aromatic nitrogens is 2. The molecule has 1 saturated heterocycles. The highest BCUT2D eigenvalue weighted by atomic mass is 19.1. The predicted molar refractivity (Wildman–Crippen MR) is 96.7 cm³/mol. The fourth-order valence-corrected chi connectivity index (χ4v) is 3.13. The van der Waals surface area contributed by atoms with Gasteiger partial charge in [-0.15, -0.1) is 0 Å². The largest absolute Gasteiger partial charge is 0.461 e. The SMILES string of the molecule is CCOC(=O)c1cc(C(=O)N2CCN(Cc3cccc(F)c3)CC2)nn1C. The Morgan fingerprint density at radius 3 is 2.59 bits per heavy atom. The Hall–Kier alpha value is -2.74. The Morgan fingerprint density at radius 1 is 1.19 bits per heavy atom. The molecule has 2 aromatic rings. The Morgan fingerprint density at radius 2 is 1.93 bits per heavy atom. The first kappa shape index (κ1) is 19.0. The first-order valence-electron chi connectivity index (χ1n) is 8.95. The van der Waals surface area contributed by atoms with E-state index in [1.807, 2.05) is 6.07 Å². The number of rotatable bonds is 5. The summed E-state index contributed by atoms with van der Waals surface area (Å²) in [6.45, 7) is 5.14. The first-order valence-corrected chi connectivity index (χ1v) is 8.95. The zero-order chi connectivity index (χ0) is 19.4. The van der Waals surface area contributed by atoms with Gasteiger partial charge in [0.05, 0.1) is 6.61 Å². The van der Waals surface area contributed by atoms with Crippen molar-refractivity contribution in [2.75, 3.05) is 32.8 Å². The van der Waals surface area contributed by atoms with Gasteiger partial charge in [-0.3, -0.25) is 14.4 Å². The number of nitrogens with zero attached hydrogens (tertiary/aromatic N) is 4. The van der Waals surface area contributed by atoms with Gasteiger partial charge in [-0.1, -0.05) is 12.1 Å². The van der Waals surface area contributed by atoms with Crippen LogP contribution in [0.25, 0.3) is 0 Å². The monoisotopic (exact) mass is 374 g/mol. The molecule has 27 heavy (non-hydrogen) atoms. The van der Waals surface area contributed by atoms with Gasteiger partial charge in [0.1, 0.15) is 11.5 Å². The molecular weight excluding hydrogens is 351 g/mol. The van der Waals surface area contributed by atoms with Crippen LogP contribution in [-0.4, -0.2) is 64.2 Å². The number of aryl methyl sites for hydroxylation is 1. The van der Waals surface area contributed by atoms with Crippen molar-refractivity contribution in [1.29, 1.82) is 0 Å². The lowest BCUT2D eigenvalue weighted by Crippen LogP contribution is -2.48. The van der Waals surface area contributed by atoms with Gasteiger partial charge in [0.2, 0.25) is 0 Å². The normalized spacial score (nSPS) is 15.0. The lowest BCUT2D eigenvalue weighted by atomic mass is 10.2. The number of carbonyl (C=O) groups is 2. The molecule has 7 nitrogen and oxygen atoms in total. The van der Waals surface area contributed by atoms with Crippen LogP contribution in [0.15, 0.2) is 30.3 Å². The molecule has 1 aromatic heterocycles. The summed E-state index contributed by atoms with van der Waals surface area (Å²) in [6, 6.07) is 8.03. The molecule has 1 aliphatic heterocycles. The van der Waals surface area contributed by atoms with Gasteiger partial charge in [-0.25, -0.2) is 9.18 Å². The fraction of sp³-hybridized carbons (Fsp3) is 0.421. The third-order valence-corrected chi connectivity index (χ3v) is 4.54. The third-order valence-electron chi connectivity index (χ3n) is 4.54. The van der Waals surface area contributed by atoms with Gasteiger partial charge >= 0.3 is 5.97 Å². The van der Waals surface area contributed by atoms with Crippen molar-refractivity contribution < 1.29 is 18.7 Å². The molecule has 1 fully saturated rings. The van der Waals surface area contributed by atoms with E-state index in [1.165, 1.54) is 22.9 Å². The summed E-state index contributed by atoms with van der Waals surface area (Å²) in [7, 11) is 1.61. The summed E-state index contributed by atoms with van der Waals surface area (Å²) >= 11 is 0. The summed E-state index contributed by atoms with van der Waals surface area (Å²) in [5.74, 6) is -0.938. The zero-order valence-electron chi connectivity index (χ0n) is 15.5. The van der Waals surface area contributed by atoms with Crippen LogP contribution in [0.3, 0.4) is 0 Å². The van der Waals surface area contributed by atoms with Crippen molar-refractivity contribution in [3.8, 4) is 0 Å². The highest BCUT2D eigenvalue weighted by Crippen LogP contribution is 2.13. The number of carbonyl (C=O) groups excluding carboxylic acids is 2. The maximum Gasteiger partial charge on any atom is 0.356 e. The molecule has 2 heterocycles. The number of halogens is 1. The summed E-state index contributed by atoms with van der Waals surface area (Å²) in [6.07, 6.45) is 0. The second kappa shape index (κ2) is 8.30. The number of amides is 1. The average Bonchev–Trinajstić information content (AvgIpc) is 3.04. The van der Waals surface area contributed by atoms with Crippen molar-refractivity contribution in [2.45, 2.75) is 13.5 Å². The van der Waals surface area contributed by atoms with Crippen LogP contribution in [-0.2, 0) is 18.3 Å². The lowest BCUT2D eigenvalue weighted by Gasteiger charge is -2.34. The average molecular weight is 374 g/mol. The van der Waals surface area contributed by atoms with Gasteiger partial charge in [-0.05, 0) is 24.6 Å². The fourth-order valence-electron chi connectivity index (χ4n) is 3.13. The van der Waals surface area contributed by atoms with Crippen LogP contribution in [0.2, 0.25) is 0 Å². The molecule has 8 heteroatoms. The smallest absolute Gasteiger partial charge is 0.356 e. The molecule has 0 aliphatic carbocycles. The Labute approximate surface area is 157 Å². The van der Waals surface area contributed by atoms with E-state index in [9.17, 15) is 14.0 Å². The van der Waals surface area contributed by atoms with Crippen LogP contribution in [0.5, 0.6) is 0 Å². The Kier molecular flexibility index (Phi) is 5.85. The summed E-state index contributed by atoms with van der Waals surface area (Å²) < 4.78 is 19.6. The first-order chi connectivity index (χ1) is 13.0. The van der Waals surface area contributed by atoms with Crippen LogP contribution in [0.4, 0.5) is 4.39 Å². The van der Waals surface area contributed by atoms with E-state index in [0.717, 1.165) is 5.56 Å².